The topological polar surface area (TPSA) is 128 Å². The second-order valence-electron chi connectivity index (χ2n) is 33.6. The third-order valence-corrected chi connectivity index (χ3v) is 44.0. The SMILES string of the molecule is Cc1ccc(-c2cc(-c3ccc(C)c(P(=O)(c4ccccc4)c4ccccc4)c3)nc(-c3ccc(C)c(P(=O)(c4ccccc4)c4ccccc4)c3)c2)cc1P(=O)(c1ccccc1)c1ccccc1.O=P(c1ccccc1)(c1ccccc1)c1cccc(-c2cc(-c3cccc(P(=O)(c4ccccc4)c4ccccc4)c3)nc(-c3cccc(P(=O)(c4ccccc4)c4ccccc4)c3)c2)c1. The molecule has 2 aromatic heterocycles. The fourth-order valence-corrected chi connectivity index (χ4v) is 35.1. The van der Waals surface area contributed by atoms with Gasteiger partial charge in [-0.1, -0.05) is 455 Å². The van der Waals surface area contributed by atoms with Crippen LogP contribution in [-0.4, -0.2) is 9.97 Å². The molecule has 0 unspecified atom stereocenters. The highest BCUT2D eigenvalue weighted by Crippen LogP contribution is 2.51. The summed E-state index contributed by atoms with van der Waals surface area (Å²) in [5, 5.41) is 13.3. The quantitative estimate of drug-likeness (QED) is 0.0547. The van der Waals surface area contributed by atoms with Crippen LogP contribution in [0.15, 0.2) is 516 Å². The Morgan fingerprint density at radius 3 is 0.504 bits per heavy atom. The molecule has 2 heterocycles. The van der Waals surface area contributed by atoms with Crippen molar-refractivity contribution in [1.29, 1.82) is 0 Å². The first-order valence-corrected chi connectivity index (χ1v) is 55.2. The molecule has 0 aliphatic heterocycles. The molecule has 654 valence electrons. The molecule has 0 amide bonds. The summed E-state index contributed by atoms with van der Waals surface area (Å²) < 4.78 is 94.7. The summed E-state index contributed by atoms with van der Waals surface area (Å²) in [5.41, 5.74) is 12.0. The molecule has 0 fully saturated rings. The molecule has 0 spiro atoms. The van der Waals surface area contributed by atoms with Gasteiger partial charge < -0.3 is 27.4 Å². The van der Waals surface area contributed by atoms with Crippen molar-refractivity contribution < 1.29 is 27.4 Å². The number of pyridine rings is 2. The van der Waals surface area contributed by atoms with Crippen LogP contribution in [0.25, 0.3) is 67.3 Å². The summed E-state index contributed by atoms with van der Waals surface area (Å²) in [4.78, 5) is 10.8. The van der Waals surface area contributed by atoms with E-state index in [0.29, 0.717) is 38.7 Å². The molecule has 8 nitrogen and oxygen atoms in total. The molecule has 20 aromatic rings. The number of aromatic nitrogens is 2. The fraction of sp³-hybridized carbons (Fsp3) is 0.0248. The summed E-state index contributed by atoms with van der Waals surface area (Å²) in [5.74, 6) is 0. The third kappa shape index (κ3) is 17.6. The number of benzene rings is 18. The van der Waals surface area contributed by atoms with Gasteiger partial charge in [-0.2, -0.15) is 0 Å². The maximum atomic E-state index is 15.9. The minimum atomic E-state index is -3.37. The van der Waals surface area contributed by atoms with Crippen molar-refractivity contribution in [3.63, 3.8) is 0 Å². The second-order valence-corrected chi connectivity index (χ2v) is 50.1. The molecule has 0 radical (unpaired) electrons. The lowest BCUT2D eigenvalue weighted by Crippen LogP contribution is -2.27. The Morgan fingerprint density at radius 1 is 0.133 bits per heavy atom. The van der Waals surface area contributed by atoms with Crippen LogP contribution in [0.3, 0.4) is 0 Å². The highest BCUT2D eigenvalue weighted by Gasteiger charge is 2.38. The predicted octanol–water partition coefficient (Wildman–Crippen LogP) is 22.9. The number of hydrogen-bond acceptors (Lipinski definition) is 8. The van der Waals surface area contributed by atoms with Gasteiger partial charge in [0.1, 0.15) is 0 Å². The Bertz CT molecular complexity index is 6960. The van der Waals surface area contributed by atoms with Crippen molar-refractivity contribution in [2.75, 3.05) is 0 Å². The van der Waals surface area contributed by atoms with Gasteiger partial charge in [0.2, 0.25) is 0 Å². The van der Waals surface area contributed by atoms with Crippen LogP contribution in [0, 0.1) is 20.8 Å². The first-order valence-electron chi connectivity index (χ1n) is 44.9. The average molecular weight is 1860 g/mol. The second kappa shape index (κ2) is 39.1. The van der Waals surface area contributed by atoms with Crippen LogP contribution in [0.5, 0.6) is 0 Å². The minimum absolute atomic E-state index is 0.663. The monoisotopic (exact) mass is 1860 g/mol. The van der Waals surface area contributed by atoms with E-state index in [9.17, 15) is 0 Å². The highest BCUT2D eigenvalue weighted by molar-refractivity contribution is 7.87. The van der Waals surface area contributed by atoms with Crippen molar-refractivity contribution in [3.05, 3.63) is 532 Å². The van der Waals surface area contributed by atoms with Crippen molar-refractivity contribution in [2.45, 2.75) is 20.8 Å². The maximum Gasteiger partial charge on any atom is 0.171 e. The van der Waals surface area contributed by atoms with E-state index in [4.69, 9.17) is 9.97 Å². The number of hydrogen-bond donors (Lipinski definition) is 0. The molecule has 0 bridgehead atoms. The van der Waals surface area contributed by atoms with Gasteiger partial charge in [0, 0.05) is 118 Å². The molecule has 0 saturated heterocycles. The van der Waals surface area contributed by atoms with Gasteiger partial charge in [-0.15, -0.1) is 0 Å². The predicted molar refractivity (Wildman–Crippen MR) is 572 cm³/mol. The summed E-state index contributed by atoms with van der Waals surface area (Å²) in [6, 6.07) is 167. The Kier molecular flexibility index (Phi) is 26.0. The van der Waals surface area contributed by atoms with Crippen molar-refractivity contribution >= 4 is 138 Å². The Hall–Kier alpha value is -14.4. The van der Waals surface area contributed by atoms with Crippen LogP contribution < -0.4 is 95.5 Å². The lowest BCUT2D eigenvalue weighted by Gasteiger charge is -2.24. The van der Waals surface area contributed by atoms with Gasteiger partial charge in [0.05, 0.1) is 22.8 Å². The number of aryl methyl sites for hydroxylation is 3. The van der Waals surface area contributed by atoms with E-state index >= 15 is 27.4 Å². The van der Waals surface area contributed by atoms with Crippen molar-refractivity contribution in [1.82, 2.24) is 9.97 Å². The molecule has 18 aromatic carbocycles. The summed E-state index contributed by atoms with van der Waals surface area (Å²) in [6.07, 6.45) is 0. The van der Waals surface area contributed by atoms with E-state index in [1.807, 2.05) is 494 Å². The highest BCUT2D eigenvalue weighted by atomic mass is 31.2. The Morgan fingerprint density at radius 2 is 0.289 bits per heavy atom. The summed E-state index contributed by atoms with van der Waals surface area (Å²) in [7, 11) is -20.0. The van der Waals surface area contributed by atoms with Gasteiger partial charge in [0.15, 0.2) is 42.9 Å². The first-order chi connectivity index (χ1) is 65.9. The van der Waals surface area contributed by atoms with E-state index in [1.165, 1.54) is 0 Å². The zero-order valence-electron chi connectivity index (χ0n) is 74.6. The molecule has 20 rings (SSSR count). The molecule has 0 aliphatic carbocycles. The lowest BCUT2D eigenvalue weighted by molar-refractivity contribution is 0.591. The maximum absolute atomic E-state index is 15.9. The van der Waals surface area contributed by atoms with Gasteiger partial charge in [-0.3, -0.25) is 0 Å². The van der Waals surface area contributed by atoms with Crippen LogP contribution in [0.2, 0.25) is 0 Å². The number of rotatable bonds is 24. The molecular formula is C121H94N2O6P6. The standard InChI is InChI=1S/C62H50NO3P3.C59H44NO3P3/c1-45-34-37-48(42-60(45)67(64,52-22-10-4-11-23-52)53-24-12-5-13-25-53)51-40-58(49-38-35-46(2)61(43-49)68(65,54-26-14-6-15-27-54)55-28-16-7-17-29-55)63-59(41-51)50-39-36-47(3)62(44-50)69(66,56-30-18-8-19-31-56)57-32-20-9-21-33-57;61-64(49-25-7-1-8-26-49,50-27-9-2-10-28-50)55-37-19-22-45(40-55)48-43-58(46-23-20-38-56(41-46)65(62,51-29-11-3-12-30-51)52-31-13-4-14-32-52)60-59(44-48)47-24-21-39-57(42-47)66(63,53-33-15-5-16-34-53)54-35-17-6-18-36-54/h4-44H,1-3H3;1-44H. The smallest absolute Gasteiger partial charge is 0.171 e. The molecular weight excluding hydrogens is 1760 g/mol. The Labute approximate surface area is 790 Å². The Balaban J connectivity index is 0.000000174. The van der Waals surface area contributed by atoms with Crippen molar-refractivity contribution in [3.8, 4) is 67.3 Å². The van der Waals surface area contributed by atoms with Crippen LogP contribution in [0.1, 0.15) is 16.7 Å². The van der Waals surface area contributed by atoms with Crippen LogP contribution in [0.4, 0.5) is 0 Å². The lowest BCUT2D eigenvalue weighted by atomic mass is 9.98. The van der Waals surface area contributed by atoms with E-state index in [0.717, 1.165) is 141 Å². The molecule has 0 atom stereocenters. The van der Waals surface area contributed by atoms with E-state index in [2.05, 4.69) is 42.5 Å². The minimum Gasteiger partial charge on any atom is -0.309 e. The molecule has 0 aliphatic rings. The number of nitrogens with zero attached hydrogens (tertiary/aromatic N) is 2. The zero-order valence-corrected chi connectivity index (χ0v) is 80.0. The van der Waals surface area contributed by atoms with Crippen LogP contribution >= 0.6 is 42.9 Å². The largest absolute Gasteiger partial charge is 0.309 e. The normalized spacial score (nSPS) is 11.8. The molecule has 135 heavy (non-hydrogen) atoms. The van der Waals surface area contributed by atoms with Gasteiger partial charge in [0.25, 0.3) is 0 Å². The molecule has 0 saturated carbocycles. The fourth-order valence-electron chi connectivity index (χ4n) is 18.2. The summed E-state index contributed by atoms with van der Waals surface area (Å²) in [6.45, 7) is 6.06. The summed E-state index contributed by atoms with van der Waals surface area (Å²) >= 11 is 0. The molecule has 14 heteroatoms. The van der Waals surface area contributed by atoms with E-state index < -0.39 is 42.9 Å². The average Bonchev–Trinajstić information content (AvgIpc) is 0.749. The van der Waals surface area contributed by atoms with Crippen molar-refractivity contribution in [2.24, 2.45) is 0 Å². The van der Waals surface area contributed by atoms with Gasteiger partial charge in [-0.25, -0.2) is 9.97 Å². The third-order valence-electron chi connectivity index (χ3n) is 25.2. The van der Waals surface area contributed by atoms with Gasteiger partial charge >= 0.3 is 0 Å². The van der Waals surface area contributed by atoms with E-state index in [-0.39, 0.29) is 0 Å². The van der Waals surface area contributed by atoms with E-state index in [1.54, 1.807) is 0 Å². The zero-order chi connectivity index (χ0) is 92.6. The van der Waals surface area contributed by atoms with Gasteiger partial charge in [-0.05, 0) is 120 Å². The first kappa shape index (κ1) is 89.8. The van der Waals surface area contributed by atoms with Crippen LogP contribution in [-0.2, 0) is 27.4 Å². The molecule has 0 N–H and O–H groups in total.